The van der Waals surface area contributed by atoms with Crippen LogP contribution in [0.2, 0.25) is 0 Å². The number of hydrogen-bond donors (Lipinski definition) is 1. The molecule has 8 heteroatoms. The molecule has 162 valence electrons. The highest BCUT2D eigenvalue weighted by Crippen LogP contribution is 2.55. The minimum Gasteiger partial charge on any atom is -0.493 e. The lowest BCUT2D eigenvalue weighted by Crippen LogP contribution is -2.39. The van der Waals surface area contributed by atoms with E-state index in [0.29, 0.717) is 54.0 Å². The molecule has 1 aromatic heterocycles. The number of ether oxygens (including phenoxy) is 2. The fourth-order valence-corrected chi connectivity index (χ4v) is 5.10. The highest BCUT2D eigenvalue weighted by atomic mass is 32.2. The summed E-state index contributed by atoms with van der Waals surface area (Å²) in [5.74, 6) is 0.488. The molecule has 2 aromatic carbocycles. The van der Waals surface area contributed by atoms with Gasteiger partial charge in [0.2, 0.25) is 5.91 Å². The summed E-state index contributed by atoms with van der Waals surface area (Å²) in [6, 6.07) is 13.5. The van der Waals surface area contributed by atoms with Gasteiger partial charge in [-0.2, -0.15) is 0 Å². The Morgan fingerprint density at radius 2 is 1.65 bits per heavy atom. The molecule has 0 bridgehead atoms. The number of carbonyl (C=O) groups is 1. The van der Waals surface area contributed by atoms with Crippen LogP contribution in [-0.4, -0.2) is 32.5 Å². The summed E-state index contributed by atoms with van der Waals surface area (Å²) < 4.78 is 40.1. The molecule has 31 heavy (non-hydrogen) atoms. The summed E-state index contributed by atoms with van der Waals surface area (Å²) in [6.45, 7) is 4.55. The molecule has 1 saturated carbocycles. The molecule has 0 unspecified atom stereocenters. The van der Waals surface area contributed by atoms with Crippen LogP contribution in [0, 0.1) is 0 Å². The summed E-state index contributed by atoms with van der Waals surface area (Å²) in [5.41, 5.74) is 0.136. The number of sulfonamides is 1. The summed E-state index contributed by atoms with van der Waals surface area (Å²) in [6.07, 6.45) is 2.61. The lowest BCUT2D eigenvalue weighted by Gasteiger charge is -2.22. The molecular weight excluding hydrogens is 416 g/mol. The number of nitrogens with zero attached hydrogens (tertiary/aromatic N) is 1. The van der Waals surface area contributed by atoms with Gasteiger partial charge in [0.1, 0.15) is 11.5 Å². The lowest BCUT2D eigenvalue weighted by atomic mass is 9.93. The van der Waals surface area contributed by atoms with Crippen molar-refractivity contribution in [3.63, 3.8) is 0 Å². The lowest BCUT2D eigenvalue weighted by molar-refractivity contribution is -0.121. The van der Waals surface area contributed by atoms with E-state index in [9.17, 15) is 13.2 Å². The smallest absolute Gasteiger partial charge is 0.264 e. The standard InChI is InChI=1S/C23H24N2O5S/c1-3-29-18-10-6-11-19(30-4-2)21(18)23(13-14-23)22(26)25-31(27,28)20-12-5-9-17-16(20)8-7-15-24-17/h5-12,15H,3-4,13-14H2,1-2H3,(H,25,26). The van der Waals surface area contributed by atoms with Crippen molar-refractivity contribution in [3.8, 4) is 11.5 Å². The van der Waals surface area contributed by atoms with E-state index in [2.05, 4.69) is 9.71 Å². The van der Waals surface area contributed by atoms with Crippen molar-refractivity contribution in [3.05, 3.63) is 60.3 Å². The van der Waals surface area contributed by atoms with Crippen LogP contribution in [-0.2, 0) is 20.2 Å². The van der Waals surface area contributed by atoms with E-state index in [0.717, 1.165) is 0 Å². The molecule has 4 rings (SSSR count). The highest BCUT2D eigenvalue weighted by molar-refractivity contribution is 7.90. The maximum Gasteiger partial charge on any atom is 0.264 e. The number of amides is 1. The summed E-state index contributed by atoms with van der Waals surface area (Å²) in [5, 5.41) is 0.458. The Labute approximate surface area is 181 Å². The predicted octanol–water partition coefficient (Wildman–Crippen LogP) is 3.57. The van der Waals surface area contributed by atoms with Gasteiger partial charge >= 0.3 is 0 Å². The molecule has 1 fully saturated rings. The third-order valence-corrected chi connectivity index (χ3v) is 6.76. The first-order valence-corrected chi connectivity index (χ1v) is 11.7. The van der Waals surface area contributed by atoms with Gasteiger partial charge in [0.25, 0.3) is 10.0 Å². The minimum atomic E-state index is -4.11. The molecule has 1 aliphatic rings. The predicted molar refractivity (Wildman–Crippen MR) is 117 cm³/mol. The first kappa shape index (κ1) is 21.1. The average molecular weight is 441 g/mol. The minimum absolute atomic E-state index is 0.0189. The average Bonchev–Trinajstić information content (AvgIpc) is 3.55. The van der Waals surface area contributed by atoms with Gasteiger partial charge in [0.15, 0.2) is 0 Å². The van der Waals surface area contributed by atoms with Gasteiger partial charge in [-0.3, -0.25) is 9.78 Å². The fraction of sp³-hybridized carbons (Fsp3) is 0.304. The van der Waals surface area contributed by atoms with Crippen LogP contribution in [0.1, 0.15) is 32.3 Å². The summed E-state index contributed by atoms with van der Waals surface area (Å²) in [4.78, 5) is 17.6. The van der Waals surface area contributed by atoms with Crippen LogP contribution in [0.5, 0.6) is 11.5 Å². The van der Waals surface area contributed by atoms with E-state index in [4.69, 9.17) is 9.47 Å². The van der Waals surface area contributed by atoms with Crippen molar-refractivity contribution in [1.82, 2.24) is 9.71 Å². The SMILES string of the molecule is CCOc1cccc(OCC)c1C1(C(=O)NS(=O)(=O)c2cccc3ncccc23)CC1. The number of fused-ring (bicyclic) bond motifs is 1. The third kappa shape index (κ3) is 3.83. The molecule has 1 heterocycles. The number of rotatable bonds is 8. The maximum atomic E-state index is 13.3. The Balaban J connectivity index is 1.72. The van der Waals surface area contributed by atoms with Crippen molar-refractivity contribution in [2.75, 3.05) is 13.2 Å². The van der Waals surface area contributed by atoms with Gasteiger partial charge in [-0.05, 0) is 63.1 Å². The third-order valence-electron chi connectivity index (χ3n) is 5.37. The van der Waals surface area contributed by atoms with Crippen molar-refractivity contribution in [2.45, 2.75) is 37.0 Å². The maximum absolute atomic E-state index is 13.3. The van der Waals surface area contributed by atoms with Crippen molar-refractivity contribution in [1.29, 1.82) is 0 Å². The monoisotopic (exact) mass is 440 g/mol. The van der Waals surface area contributed by atoms with Gasteiger partial charge in [-0.25, -0.2) is 13.1 Å². The molecule has 3 aromatic rings. The van der Waals surface area contributed by atoms with Crippen LogP contribution in [0.4, 0.5) is 0 Å². The zero-order chi connectivity index (χ0) is 22.1. The molecule has 1 aliphatic carbocycles. The molecule has 0 saturated heterocycles. The van der Waals surface area contributed by atoms with Crippen LogP contribution in [0.25, 0.3) is 10.9 Å². The summed E-state index contributed by atoms with van der Waals surface area (Å²) >= 11 is 0. The number of benzene rings is 2. The normalized spacial score (nSPS) is 14.8. The Kier molecular flexibility index (Phi) is 5.58. The molecule has 0 atom stereocenters. The number of nitrogens with one attached hydrogen (secondary N) is 1. The van der Waals surface area contributed by atoms with E-state index >= 15 is 0 Å². The highest BCUT2D eigenvalue weighted by Gasteiger charge is 2.55. The van der Waals surface area contributed by atoms with Gasteiger partial charge in [-0.15, -0.1) is 0 Å². The van der Waals surface area contributed by atoms with Gasteiger partial charge in [0.05, 0.1) is 34.6 Å². The van der Waals surface area contributed by atoms with E-state index < -0.39 is 21.3 Å². The Morgan fingerprint density at radius 1 is 1.00 bits per heavy atom. The number of carbonyl (C=O) groups excluding carboxylic acids is 1. The second kappa shape index (κ2) is 8.19. The first-order valence-electron chi connectivity index (χ1n) is 10.2. The van der Waals surface area contributed by atoms with Crippen molar-refractivity contribution >= 4 is 26.8 Å². The fourth-order valence-electron chi connectivity index (χ4n) is 3.83. The van der Waals surface area contributed by atoms with Crippen LogP contribution >= 0.6 is 0 Å². The van der Waals surface area contributed by atoms with Crippen molar-refractivity contribution in [2.24, 2.45) is 0 Å². The second-order valence-corrected chi connectivity index (χ2v) is 8.99. The molecule has 1 N–H and O–H groups in total. The summed E-state index contributed by atoms with van der Waals surface area (Å²) in [7, 11) is -4.11. The number of aromatic nitrogens is 1. The second-order valence-electron chi connectivity index (χ2n) is 7.34. The number of hydrogen-bond acceptors (Lipinski definition) is 6. The Bertz CT molecular complexity index is 1210. The van der Waals surface area contributed by atoms with Gasteiger partial charge < -0.3 is 9.47 Å². The molecular formula is C23H24N2O5S. The molecule has 0 spiro atoms. The first-order chi connectivity index (χ1) is 14.9. The number of pyridine rings is 1. The Hall–Kier alpha value is -3.13. The zero-order valence-corrected chi connectivity index (χ0v) is 18.2. The molecule has 7 nitrogen and oxygen atoms in total. The molecule has 1 amide bonds. The quantitative estimate of drug-likeness (QED) is 0.575. The van der Waals surface area contributed by atoms with Crippen molar-refractivity contribution < 1.29 is 22.7 Å². The van der Waals surface area contributed by atoms with Crippen LogP contribution < -0.4 is 14.2 Å². The van der Waals surface area contributed by atoms with Gasteiger partial charge in [0, 0.05) is 11.6 Å². The zero-order valence-electron chi connectivity index (χ0n) is 17.4. The van der Waals surface area contributed by atoms with Crippen LogP contribution in [0.15, 0.2) is 59.6 Å². The largest absolute Gasteiger partial charge is 0.493 e. The topological polar surface area (TPSA) is 94.6 Å². The Morgan fingerprint density at radius 3 is 2.26 bits per heavy atom. The molecule has 0 radical (unpaired) electrons. The molecule has 0 aliphatic heterocycles. The van der Waals surface area contributed by atoms with E-state index in [1.165, 1.54) is 6.07 Å². The van der Waals surface area contributed by atoms with E-state index in [1.54, 1.807) is 48.7 Å². The van der Waals surface area contributed by atoms with Crippen LogP contribution in [0.3, 0.4) is 0 Å². The van der Waals surface area contributed by atoms with E-state index in [1.807, 2.05) is 13.8 Å². The van der Waals surface area contributed by atoms with Gasteiger partial charge in [-0.1, -0.05) is 12.1 Å². The van der Waals surface area contributed by atoms with E-state index in [-0.39, 0.29) is 4.90 Å².